The quantitative estimate of drug-likeness (QED) is 0.179. The second-order valence-electron chi connectivity index (χ2n) is 6.44. The predicted molar refractivity (Wildman–Crippen MR) is 121 cm³/mol. The van der Waals surface area contributed by atoms with Gasteiger partial charge in [-0.2, -0.15) is 0 Å². The predicted octanol–water partition coefficient (Wildman–Crippen LogP) is 1.09. The minimum absolute atomic E-state index is 0.0385. The van der Waals surface area contributed by atoms with Crippen LogP contribution < -0.4 is 0 Å². The van der Waals surface area contributed by atoms with Crippen molar-refractivity contribution < 1.29 is 72.6 Å². The maximum atomic E-state index is 10.7. The third-order valence-electron chi connectivity index (χ3n) is 3.31. The van der Waals surface area contributed by atoms with E-state index < -0.39 is 35.8 Å². The molecular formula is C22H34O15. The summed E-state index contributed by atoms with van der Waals surface area (Å²) in [4.78, 5) is 81.1. The topological polar surface area (TPSA) is 234 Å². The fraction of sp³-hybridized carbons (Fsp3) is 0.636. The normalized spacial score (nSPS) is 11.0. The molecule has 0 aromatic heterocycles. The molecule has 212 valence electrons. The summed E-state index contributed by atoms with van der Waals surface area (Å²) in [5, 5.41) is 23.9. The van der Waals surface area contributed by atoms with E-state index in [0.717, 1.165) is 0 Å². The molecule has 0 aromatic carbocycles. The van der Waals surface area contributed by atoms with Gasteiger partial charge in [-0.3, -0.25) is 38.4 Å². The van der Waals surface area contributed by atoms with Crippen LogP contribution in [0.4, 0.5) is 0 Å². The van der Waals surface area contributed by atoms with Gasteiger partial charge < -0.3 is 34.3 Å². The summed E-state index contributed by atoms with van der Waals surface area (Å²) in [6.45, 7) is 6.13. The number of carboxylic acids is 3. The molecule has 1 aliphatic rings. The number of carbonyl (C=O) groups is 8. The van der Waals surface area contributed by atoms with Gasteiger partial charge in [-0.05, 0) is 20.8 Å². The Labute approximate surface area is 213 Å². The van der Waals surface area contributed by atoms with E-state index in [4.69, 9.17) is 15.3 Å². The summed E-state index contributed by atoms with van der Waals surface area (Å²) in [7, 11) is 0. The standard InChI is InChI=1S/C8H14O4.C6H10O4.C4H6O4.C4H4O3/c1-3-11-7(9)5-6-8(10)12-4-2;1-2-10-6(9)4-3-5(7)8;5-3(6)1-2-4(7)8;5-3-1-2-4(6)7-3/h3-6H2,1-2H3;2-4H2,1H3,(H,7,8);1-2H2,(H,5,6)(H,7,8);1-2H2. The minimum atomic E-state index is -1.08. The molecule has 0 amide bonds. The van der Waals surface area contributed by atoms with Gasteiger partial charge in [-0.1, -0.05) is 0 Å². The Morgan fingerprint density at radius 3 is 1.00 bits per heavy atom. The molecule has 0 radical (unpaired) electrons. The van der Waals surface area contributed by atoms with E-state index in [0.29, 0.717) is 19.8 Å². The molecule has 0 spiro atoms. The fourth-order valence-electron chi connectivity index (χ4n) is 1.76. The lowest BCUT2D eigenvalue weighted by Crippen LogP contribution is -2.09. The SMILES string of the molecule is CCOC(=O)CCC(=O)O.CCOC(=O)CCC(=O)OCC.O=C(O)CCC(=O)O.O=C1CCC(=O)O1. The minimum Gasteiger partial charge on any atom is -0.481 e. The first-order chi connectivity index (χ1) is 17.3. The van der Waals surface area contributed by atoms with Crippen molar-refractivity contribution in [1.82, 2.24) is 0 Å². The highest BCUT2D eigenvalue weighted by Crippen LogP contribution is 2.04. The van der Waals surface area contributed by atoms with Crippen molar-refractivity contribution in [2.24, 2.45) is 0 Å². The Balaban J connectivity index is -0.000000424. The fourth-order valence-corrected chi connectivity index (χ4v) is 1.76. The molecule has 15 nitrogen and oxygen atoms in total. The number of rotatable bonds is 12. The molecule has 37 heavy (non-hydrogen) atoms. The van der Waals surface area contributed by atoms with E-state index >= 15 is 0 Å². The van der Waals surface area contributed by atoms with Crippen LogP contribution in [0.25, 0.3) is 0 Å². The van der Waals surface area contributed by atoms with Crippen LogP contribution in [0.15, 0.2) is 0 Å². The highest BCUT2D eigenvalue weighted by molar-refractivity contribution is 5.92. The van der Waals surface area contributed by atoms with Gasteiger partial charge in [0, 0.05) is 0 Å². The van der Waals surface area contributed by atoms with Gasteiger partial charge >= 0.3 is 47.8 Å². The Morgan fingerprint density at radius 1 is 0.568 bits per heavy atom. The number of aliphatic carboxylic acids is 3. The van der Waals surface area contributed by atoms with Crippen LogP contribution in [0.2, 0.25) is 0 Å². The number of carboxylic acid groups (broad SMARTS) is 3. The van der Waals surface area contributed by atoms with E-state index in [2.05, 4.69) is 18.9 Å². The highest BCUT2D eigenvalue weighted by Gasteiger charge is 2.19. The van der Waals surface area contributed by atoms with Crippen molar-refractivity contribution >= 4 is 47.8 Å². The van der Waals surface area contributed by atoms with Crippen molar-refractivity contribution in [3.05, 3.63) is 0 Å². The number of ether oxygens (including phenoxy) is 4. The molecule has 0 atom stereocenters. The van der Waals surface area contributed by atoms with E-state index in [9.17, 15) is 38.4 Å². The molecule has 0 unspecified atom stereocenters. The van der Waals surface area contributed by atoms with Gasteiger partial charge in [-0.25, -0.2) is 0 Å². The lowest BCUT2D eigenvalue weighted by Gasteiger charge is -2.01. The summed E-state index contributed by atoms with van der Waals surface area (Å²) < 4.78 is 17.8. The molecule has 1 saturated heterocycles. The molecule has 1 rings (SSSR count). The van der Waals surface area contributed by atoms with Gasteiger partial charge in [0.2, 0.25) is 0 Å². The molecule has 15 heteroatoms. The van der Waals surface area contributed by atoms with E-state index in [1.165, 1.54) is 0 Å². The maximum Gasteiger partial charge on any atom is 0.314 e. The molecule has 1 fully saturated rings. The van der Waals surface area contributed by atoms with Gasteiger partial charge in [0.15, 0.2) is 0 Å². The molecule has 3 N–H and O–H groups in total. The average Bonchev–Trinajstić information content (AvgIpc) is 3.19. The van der Waals surface area contributed by atoms with E-state index in [1.807, 2.05) is 0 Å². The van der Waals surface area contributed by atoms with Crippen molar-refractivity contribution in [2.75, 3.05) is 19.8 Å². The zero-order valence-electron chi connectivity index (χ0n) is 21.0. The Bertz CT molecular complexity index is 711. The third kappa shape index (κ3) is 34.2. The summed E-state index contributed by atoms with van der Waals surface area (Å²) in [6, 6.07) is 0. The molecule has 0 bridgehead atoms. The molecule has 1 aliphatic heterocycles. The first-order valence-corrected chi connectivity index (χ1v) is 11.1. The summed E-state index contributed by atoms with van der Waals surface area (Å²) >= 11 is 0. The average molecular weight is 538 g/mol. The summed E-state index contributed by atoms with van der Waals surface area (Å²) in [6.07, 6.45) is -0.0519. The first-order valence-electron chi connectivity index (χ1n) is 11.1. The molecule has 0 saturated carbocycles. The molecule has 0 aliphatic carbocycles. The number of hydrogen-bond acceptors (Lipinski definition) is 12. The monoisotopic (exact) mass is 538 g/mol. The van der Waals surface area contributed by atoms with Crippen LogP contribution in [-0.4, -0.2) is 82.9 Å². The smallest absolute Gasteiger partial charge is 0.314 e. The van der Waals surface area contributed by atoms with Crippen molar-refractivity contribution in [3.63, 3.8) is 0 Å². The van der Waals surface area contributed by atoms with Crippen LogP contribution in [-0.2, 0) is 57.3 Å². The number of cyclic esters (lactones) is 2. The number of esters is 5. The largest absolute Gasteiger partial charge is 0.481 e. The van der Waals surface area contributed by atoms with Crippen LogP contribution in [0.3, 0.4) is 0 Å². The van der Waals surface area contributed by atoms with Crippen molar-refractivity contribution in [1.29, 1.82) is 0 Å². The number of carbonyl (C=O) groups excluding carboxylic acids is 5. The van der Waals surface area contributed by atoms with Crippen LogP contribution in [0.1, 0.15) is 72.1 Å². The second kappa shape index (κ2) is 25.1. The van der Waals surface area contributed by atoms with Gasteiger partial charge in [0.1, 0.15) is 0 Å². The van der Waals surface area contributed by atoms with Crippen LogP contribution >= 0.6 is 0 Å². The lowest BCUT2D eigenvalue weighted by molar-refractivity contribution is -0.152. The zero-order valence-corrected chi connectivity index (χ0v) is 21.0. The number of hydrogen-bond donors (Lipinski definition) is 3. The van der Waals surface area contributed by atoms with Gasteiger partial charge in [0.25, 0.3) is 0 Å². The van der Waals surface area contributed by atoms with E-state index in [1.54, 1.807) is 20.8 Å². The third-order valence-corrected chi connectivity index (χ3v) is 3.31. The van der Waals surface area contributed by atoms with Crippen LogP contribution in [0.5, 0.6) is 0 Å². The summed E-state index contributed by atoms with van der Waals surface area (Å²) in [5.41, 5.74) is 0. The summed E-state index contributed by atoms with van der Waals surface area (Å²) in [5.74, 6) is -5.09. The van der Waals surface area contributed by atoms with Crippen LogP contribution in [0, 0.1) is 0 Å². The first kappa shape index (κ1) is 37.5. The molecular weight excluding hydrogens is 504 g/mol. The molecule has 0 aromatic rings. The lowest BCUT2D eigenvalue weighted by atomic mass is 10.3. The zero-order chi connectivity index (χ0) is 29.2. The Kier molecular flexibility index (Phi) is 25.4. The van der Waals surface area contributed by atoms with Crippen molar-refractivity contribution in [3.8, 4) is 0 Å². The Morgan fingerprint density at radius 2 is 0.811 bits per heavy atom. The maximum absolute atomic E-state index is 10.7. The van der Waals surface area contributed by atoms with Gasteiger partial charge in [0.05, 0.1) is 71.2 Å². The highest BCUT2D eigenvalue weighted by atomic mass is 16.6. The van der Waals surface area contributed by atoms with Gasteiger partial charge in [-0.15, -0.1) is 0 Å². The second-order valence-corrected chi connectivity index (χ2v) is 6.44. The molecule has 1 heterocycles. The Hall–Kier alpha value is -4.04. The van der Waals surface area contributed by atoms with Crippen molar-refractivity contribution in [2.45, 2.75) is 72.1 Å². The van der Waals surface area contributed by atoms with E-state index in [-0.39, 0.29) is 63.3 Å².